The molecule has 8 unspecified atom stereocenters. The van der Waals surface area contributed by atoms with Gasteiger partial charge in [-0.2, -0.15) is 0 Å². The lowest BCUT2D eigenvalue weighted by molar-refractivity contribution is 0.183. The van der Waals surface area contributed by atoms with Gasteiger partial charge in [0.25, 0.3) is 0 Å². The molecular formula is C19H32N2. The van der Waals surface area contributed by atoms with Gasteiger partial charge in [-0.25, -0.2) is 0 Å². The second-order valence-electron chi connectivity index (χ2n) is 8.83. The molecule has 2 heteroatoms. The van der Waals surface area contributed by atoms with Gasteiger partial charge in [-0.15, -0.1) is 0 Å². The molecule has 0 aromatic carbocycles. The molecule has 5 fully saturated rings. The number of rotatable bonds is 3. The molecule has 0 aromatic heterocycles. The fraction of sp³-hybridized carbons (Fsp3) is 1.00. The van der Waals surface area contributed by atoms with Crippen molar-refractivity contribution in [2.45, 2.75) is 82.3 Å². The maximum atomic E-state index is 4.21. The molecule has 8 atom stereocenters. The minimum absolute atomic E-state index is 0.836. The molecule has 0 aromatic rings. The first-order chi connectivity index (χ1) is 10.4. The summed E-state index contributed by atoms with van der Waals surface area (Å²) in [7, 11) is 0. The van der Waals surface area contributed by atoms with Crippen LogP contribution < -0.4 is 10.6 Å². The minimum Gasteiger partial charge on any atom is -0.314 e. The zero-order valence-corrected chi connectivity index (χ0v) is 13.4. The Morgan fingerprint density at radius 3 is 2.43 bits per heavy atom. The lowest BCUT2D eigenvalue weighted by atomic mass is 9.78. The summed E-state index contributed by atoms with van der Waals surface area (Å²) >= 11 is 0. The molecule has 118 valence electrons. The van der Waals surface area contributed by atoms with E-state index in [1.807, 2.05) is 0 Å². The number of hydrogen-bond donors (Lipinski definition) is 2. The van der Waals surface area contributed by atoms with Crippen molar-refractivity contribution in [2.24, 2.45) is 29.6 Å². The highest BCUT2D eigenvalue weighted by molar-refractivity contribution is 5.07. The van der Waals surface area contributed by atoms with Crippen LogP contribution >= 0.6 is 0 Å². The molecule has 5 aliphatic rings. The van der Waals surface area contributed by atoms with Crippen LogP contribution in [0, 0.1) is 29.6 Å². The zero-order chi connectivity index (χ0) is 13.8. The van der Waals surface area contributed by atoms with E-state index in [4.69, 9.17) is 0 Å². The second-order valence-corrected chi connectivity index (χ2v) is 8.83. The zero-order valence-electron chi connectivity index (χ0n) is 13.4. The first-order valence-electron chi connectivity index (χ1n) is 9.89. The highest BCUT2D eigenvalue weighted by atomic mass is 15.0. The van der Waals surface area contributed by atoms with E-state index in [0.29, 0.717) is 0 Å². The van der Waals surface area contributed by atoms with Crippen molar-refractivity contribution in [2.75, 3.05) is 6.54 Å². The summed E-state index contributed by atoms with van der Waals surface area (Å²) in [4.78, 5) is 0. The Morgan fingerprint density at radius 1 is 0.667 bits per heavy atom. The van der Waals surface area contributed by atoms with E-state index in [-0.39, 0.29) is 0 Å². The Bertz CT molecular complexity index is 387. The van der Waals surface area contributed by atoms with Gasteiger partial charge in [-0.3, -0.25) is 0 Å². The molecule has 1 saturated heterocycles. The molecule has 4 aliphatic carbocycles. The van der Waals surface area contributed by atoms with Crippen LogP contribution in [0.15, 0.2) is 0 Å². The van der Waals surface area contributed by atoms with E-state index in [1.165, 1.54) is 51.5 Å². The molecule has 1 aliphatic heterocycles. The highest BCUT2D eigenvalue weighted by Gasteiger charge is 2.54. The molecule has 5 rings (SSSR count). The fourth-order valence-electron chi connectivity index (χ4n) is 7.29. The second kappa shape index (κ2) is 5.23. The third-order valence-corrected chi connectivity index (χ3v) is 8.04. The average Bonchev–Trinajstić information content (AvgIpc) is 3.28. The quantitative estimate of drug-likeness (QED) is 0.832. The molecule has 1 heterocycles. The minimum atomic E-state index is 0.836. The summed E-state index contributed by atoms with van der Waals surface area (Å²) < 4.78 is 0. The Morgan fingerprint density at radius 2 is 1.52 bits per heavy atom. The first kappa shape index (κ1) is 13.4. The van der Waals surface area contributed by atoms with Crippen molar-refractivity contribution < 1.29 is 0 Å². The highest BCUT2D eigenvalue weighted by Crippen LogP contribution is 2.58. The fourth-order valence-corrected chi connectivity index (χ4v) is 7.29. The molecule has 2 N–H and O–H groups in total. The summed E-state index contributed by atoms with van der Waals surface area (Å²) in [6.45, 7) is 1.27. The molecule has 0 amide bonds. The van der Waals surface area contributed by atoms with Crippen molar-refractivity contribution in [1.29, 1.82) is 0 Å². The third-order valence-electron chi connectivity index (χ3n) is 8.04. The Labute approximate surface area is 129 Å². The van der Waals surface area contributed by atoms with Crippen molar-refractivity contribution in [1.82, 2.24) is 10.6 Å². The molecule has 2 nitrogen and oxygen atoms in total. The number of hydrogen-bond acceptors (Lipinski definition) is 2. The summed E-state index contributed by atoms with van der Waals surface area (Å²) in [6, 6.07) is 2.56. The Kier molecular flexibility index (Phi) is 3.33. The van der Waals surface area contributed by atoms with Crippen LogP contribution in [0.25, 0.3) is 0 Å². The van der Waals surface area contributed by atoms with Crippen LogP contribution in [-0.4, -0.2) is 24.7 Å². The summed E-state index contributed by atoms with van der Waals surface area (Å²) in [5, 5.41) is 7.99. The van der Waals surface area contributed by atoms with Gasteiger partial charge in [-0.1, -0.05) is 12.8 Å². The van der Waals surface area contributed by atoms with E-state index in [0.717, 1.165) is 47.7 Å². The lowest BCUT2D eigenvalue weighted by Gasteiger charge is -2.36. The standard InChI is InChI=1S/C19H32N2/c1-4-13-12-10-16(14(13)5-1)19(11-12)21-18-7-2-6-15(18)17-8-3-9-20-17/h12-21H,1-11H2. The normalized spacial score (nSPS) is 55.4. The van der Waals surface area contributed by atoms with Gasteiger partial charge in [0, 0.05) is 18.1 Å². The van der Waals surface area contributed by atoms with Crippen LogP contribution in [0.5, 0.6) is 0 Å². The van der Waals surface area contributed by atoms with Crippen LogP contribution in [0.2, 0.25) is 0 Å². The molecule has 2 bridgehead atoms. The average molecular weight is 288 g/mol. The van der Waals surface area contributed by atoms with Gasteiger partial charge in [0.15, 0.2) is 0 Å². The number of nitrogens with one attached hydrogen (secondary N) is 2. The van der Waals surface area contributed by atoms with Gasteiger partial charge in [0.05, 0.1) is 0 Å². The van der Waals surface area contributed by atoms with Gasteiger partial charge in [-0.05, 0) is 87.5 Å². The van der Waals surface area contributed by atoms with E-state index >= 15 is 0 Å². The van der Waals surface area contributed by atoms with Crippen LogP contribution in [0.1, 0.15) is 64.2 Å². The van der Waals surface area contributed by atoms with Crippen molar-refractivity contribution in [3.05, 3.63) is 0 Å². The Hall–Kier alpha value is -0.0800. The SMILES string of the molecule is C1CNC(C2CCCC2NC2CC3CC2C2CCCC32)C1. The van der Waals surface area contributed by atoms with Gasteiger partial charge in [0.2, 0.25) is 0 Å². The Balaban J connectivity index is 1.25. The molecule has 21 heavy (non-hydrogen) atoms. The van der Waals surface area contributed by atoms with Gasteiger partial charge < -0.3 is 10.6 Å². The molecule has 4 saturated carbocycles. The van der Waals surface area contributed by atoms with Crippen LogP contribution in [0.4, 0.5) is 0 Å². The number of fused-ring (bicyclic) bond motifs is 5. The first-order valence-corrected chi connectivity index (χ1v) is 9.89. The van der Waals surface area contributed by atoms with E-state index in [9.17, 15) is 0 Å². The van der Waals surface area contributed by atoms with E-state index in [1.54, 1.807) is 19.3 Å². The smallest absolute Gasteiger partial charge is 0.0113 e. The molecule has 0 radical (unpaired) electrons. The van der Waals surface area contributed by atoms with Crippen molar-refractivity contribution >= 4 is 0 Å². The van der Waals surface area contributed by atoms with Gasteiger partial charge >= 0.3 is 0 Å². The summed E-state index contributed by atoms with van der Waals surface area (Å²) in [5.74, 6) is 5.35. The van der Waals surface area contributed by atoms with Crippen LogP contribution in [-0.2, 0) is 0 Å². The largest absolute Gasteiger partial charge is 0.314 e. The van der Waals surface area contributed by atoms with Crippen LogP contribution in [0.3, 0.4) is 0 Å². The van der Waals surface area contributed by atoms with Crippen molar-refractivity contribution in [3.8, 4) is 0 Å². The predicted molar refractivity (Wildman–Crippen MR) is 86.1 cm³/mol. The molecular weight excluding hydrogens is 256 g/mol. The van der Waals surface area contributed by atoms with E-state index < -0.39 is 0 Å². The van der Waals surface area contributed by atoms with Gasteiger partial charge in [0.1, 0.15) is 0 Å². The topological polar surface area (TPSA) is 24.1 Å². The van der Waals surface area contributed by atoms with Crippen molar-refractivity contribution in [3.63, 3.8) is 0 Å². The predicted octanol–water partition coefficient (Wildman–Crippen LogP) is 3.32. The third kappa shape index (κ3) is 2.12. The maximum Gasteiger partial charge on any atom is 0.0113 e. The lowest BCUT2D eigenvalue weighted by Crippen LogP contribution is -2.49. The monoisotopic (exact) mass is 288 g/mol. The molecule has 0 spiro atoms. The maximum absolute atomic E-state index is 4.21. The summed E-state index contributed by atoms with van der Waals surface area (Å²) in [6.07, 6.45) is 15.0. The summed E-state index contributed by atoms with van der Waals surface area (Å²) in [5.41, 5.74) is 0. The van der Waals surface area contributed by atoms with E-state index in [2.05, 4.69) is 10.6 Å².